The summed E-state index contributed by atoms with van der Waals surface area (Å²) in [6, 6.07) is 3.11. The van der Waals surface area contributed by atoms with Crippen LogP contribution in [-0.4, -0.2) is 33.5 Å². The number of hydrogen-bond acceptors (Lipinski definition) is 5. The molecule has 0 unspecified atom stereocenters. The van der Waals surface area contributed by atoms with E-state index >= 15 is 0 Å². The van der Waals surface area contributed by atoms with E-state index in [0.29, 0.717) is 18.6 Å². The van der Waals surface area contributed by atoms with Crippen LogP contribution in [0.4, 0.5) is 0 Å². The second-order valence-electron chi connectivity index (χ2n) is 10.5. The highest BCUT2D eigenvalue weighted by atomic mass is 28.3. The van der Waals surface area contributed by atoms with Crippen molar-refractivity contribution in [3.63, 3.8) is 0 Å². The van der Waals surface area contributed by atoms with Crippen LogP contribution in [0.5, 0.6) is 0 Å². The van der Waals surface area contributed by atoms with Gasteiger partial charge in [0.2, 0.25) is 0 Å². The molecule has 0 fully saturated rings. The third-order valence-corrected chi connectivity index (χ3v) is 8.02. The molecule has 4 bridgehead atoms. The highest BCUT2D eigenvalue weighted by Crippen LogP contribution is 2.43. The summed E-state index contributed by atoms with van der Waals surface area (Å²) >= 11 is 0. The molecule has 2 aliphatic rings. The fourth-order valence-electron chi connectivity index (χ4n) is 4.39. The Labute approximate surface area is 193 Å². The van der Waals surface area contributed by atoms with Gasteiger partial charge in [-0.2, -0.15) is 0 Å². The number of furan rings is 1. The second kappa shape index (κ2) is 9.94. The summed E-state index contributed by atoms with van der Waals surface area (Å²) in [6.45, 7) is 22.2. The van der Waals surface area contributed by atoms with Crippen LogP contribution in [-0.2, 0) is 19.0 Å². The number of rotatable bonds is 8. The third-order valence-electron chi connectivity index (χ3n) is 6.32. The summed E-state index contributed by atoms with van der Waals surface area (Å²) in [5.74, 6) is 1.05. The fraction of sp³-hybridized carbons (Fsp3) is 0.577. The molecule has 5 nitrogen and oxygen atoms in total. The molecule has 2 aliphatic heterocycles. The maximum atomic E-state index is 12.5. The largest absolute Gasteiger partial charge is 0.462 e. The van der Waals surface area contributed by atoms with E-state index in [2.05, 4.69) is 32.8 Å². The number of aryl methyl sites for hydroxylation is 1. The molecule has 0 radical (unpaired) electrons. The van der Waals surface area contributed by atoms with Crippen molar-refractivity contribution in [2.45, 2.75) is 77.4 Å². The van der Waals surface area contributed by atoms with E-state index in [1.165, 1.54) is 0 Å². The molecular formula is C26H38O5Si. The SMILES string of the molecule is C=C(C)[C@@H]1CCC2=C[C@@H](OC2=O)[C@@H](C(=C)C)c2cc(C)c(o2)[C@@H]1OCOCC[Si](C)(C)C. The molecule has 4 atom stereocenters. The van der Waals surface area contributed by atoms with E-state index in [1.54, 1.807) is 0 Å². The van der Waals surface area contributed by atoms with Crippen LogP contribution < -0.4 is 0 Å². The van der Waals surface area contributed by atoms with Crippen LogP contribution in [0, 0.1) is 12.8 Å². The number of carbonyl (C=O) groups is 1. The van der Waals surface area contributed by atoms with Gasteiger partial charge < -0.3 is 18.6 Å². The number of hydrogen-bond donors (Lipinski definition) is 0. The number of carbonyl (C=O) groups excluding carboxylic acids is 1. The van der Waals surface area contributed by atoms with E-state index in [0.717, 1.165) is 40.7 Å². The highest BCUT2D eigenvalue weighted by molar-refractivity contribution is 6.76. The van der Waals surface area contributed by atoms with Crippen LogP contribution in [0.15, 0.2) is 46.4 Å². The first-order valence-corrected chi connectivity index (χ1v) is 15.2. The van der Waals surface area contributed by atoms with Gasteiger partial charge in [0.15, 0.2) is 0 Å². The zero-order chi connectivity index (χ0) is 23.6. The van der Waals surface area contributed by atoms with Crippen LogP contribution in [0.25, 0.3) is 0 Å². The number of fused-ring (bicyclic) bond motifs is 3. The predicted molar refractivity (Wildman–Crippen MR) is 129 cm³/mol. The first-order valence-electron chi connectivity index (χ1n) is 11.5. The Balaban J connectivity index is 1.92. The van der Waals surface area contributed by atoms with Crippen molar-refractivity contribution in [1.82, 2.24) is 0 Å². The van der Waals surface area contributed by atoms with Crippen molar-refractivity contribution in [3.05, 3.63) is 59.1 Å². The van der Waals surface area contributed by atoms with Crippen LogP contribution in [0.1, 0.15) is 55.8 Å². The van der Waals surface area contributed by atoms with E-state index in [-0.39, 0.29) is 36.8 Å². The normalized spacial score (nSPS) is 25.7. The molecular weight excluding hydrogens is 420 g/mol. The average Bonchev–Trinajstić information content (AvgIpc) is 3.20. The zero-order valence-electron chi connectivity index (χ0n) is 20.5. The minimum Gasteiger partial charge on any atom is -0.462 e. The molecule has 1 aromatic heterocycles. The first kappa shape index (κ1) is 24.7. The Morgan fingerprint density at radius 1 is 1.22 bits per heavy atom. The Kier molecular flexibility index (Phi) is 7.68. The molecule has 0 N–H and O–H groups in total. The molecule has 3 rings (SSSR count). The van der Waals surface area contributed by atoms with Gasteiger partial charge in [-0.1, -0.05) is 43.9 Å². The summed E-state index contributed by atoms with van der Waals surface area (Å²) in [6.07, 6.45) is 2.55. The lowest BCUT2D eigenvalue weighted by Gasteiger charge is -2.27. The molecule has 0 spiro atoms. The van der Waals surface area contributed by atoms with Gasteiger partial charge in [0.05, 0.1) is 5.92 Å². The van der Waals surface area contributed by atoms with Gasteiger partial charge in [-0.3, -0.25) is 0 Å². The molecule has 176 valence electrons. The minimum absolute atomic E-state index is 0.0116. The molecule has 0 saturated carbocycles. The van der Waals surface area contributed by atoms with Gasteiger partial charge in [0.1, 0.15) is 30.5 Å². The Hall–Kier alpha value is -1.89. The quantitative estimate of drug-likeness (QED) is 0.147. The molecule has 1 aromatic rings. The molecule has 0 amide bonds. The standard InChI is InChI=1S/C26H38O5Si/c1-16(2)20-10-9-19-14-22(31-26(19)27)23(17(3)4)21-13-18(5)24(30-21)25(20)29-15-28-11-12-32(6,7)8/h13-14,20,22-23,25H,1,3,9-12,15H2,2,4-8H3/t20-,22+,23-,25+/m0/s1. The lowest BCUT2D eigenvalue weighted by Crippen LogP contribution is -2.23. The lowest BCUT2D eigenvalue weighted by molar-refractivity contribution is -0.140. The number of ether oxygens (including phenoxy) is 3. The summed E-state index contributed by atoms with van der Waals surface area (Å²) in [7, 11) is -1.16. The fourth-order valence-corrected chi connectivity index (χ4v) is 5.15. The predicted octanol–water partition coefficient (Wildman–Crippen LogP) is 6.46. The Morgan fingerprint density at radius 3 is 2.56 bits per heavy atom. The number of esters is 1. The third kappa shape index (κ3) is 5.72. The minimum atomic E-state index is -1.16. The van der Waals surface area contributed by atoms with Crippen molar-refractivity contribution in [2.24, 2.45) is 5.92 Å². The van der Waals surface area contributed by atoms with Crippen molar-refractivity contribution < 1.29 is 23.4 Å². The van der Waals surface area contributed by atoms with Gasteiger partial charge in [-0.05, 0) is 57.4 Å². The van der Waals surface area contributed by atoms with Crippen molar-refractivity contribution in [2.75, 3.05) is 13.4 Å². The van der Waals surface area contributed by atoms with Gasteiger partial charge >= 0.3 is 5.97 Å². The van der Waals surface area contributed by atoms with E-state index in [4.69, 9.17) is 18.6 Å². The lowest BCUT2D eigenvalue weighted by atomic mass is 9.86. The smallest absolute Gasteiger partial charge is 0.334 e. The molecule has 0 aliphatic carbocycles. The van der Waals surface area contributed by atoms with Crippen molar-refractivity contribution >= 4 is 14.0 Å². The average molecular weight is 459 g/mol. The molecule has 32 heavy (non-hydrogen) atoms. The zero-order valence-corrected chi connectivity index (χ0v) is 21.5. The second-order valence-corrected chi connectivity index (χ2v) is 16.1. The van der Waals surface area contributed by atoms with Crippen LogP contribution >= 0.6 is 0 Å². The molecule has 3 heterocycles. The van der Waals surface area contributed by atoms with Gasteiger partial charge in [-0.15, -0.1) is 0 Å². The summed E-state index contributed by atoms with van der Waals surface area (Å²) in [5, 5.41) is 0. The Morgan fingerprint density at radius 2 is 1.94 bits per heavy atom. The van der Waals surface area contributed by atoms with Crippen molar-refractivity contribution in [1.29, 1.82) is 0 Å². The van der Waals surface area contributed by atoms with E-state index < -0.39 is 8.07 Å². The Bertz CT molecular complexity index is 904. The molecule has 0 aromatic carbocycles. The molecule has 0 saturated heterocycles. The van der Waals surface area contributed by atoms with Crippen LogP contribution in [0.3, 0.4) is 0 Å². The van der Waals surface area contributed by atoms with Gasteiger partial charge in [0, 0.05) is 26.2 Å². The summed E-state index contributed by atoms with van der Waals surface area (Å²) in [4.78, 5) is 12.5. The van der Waals surface area contributed by atoms with E-state index in [1.807, 2.05) is 32.9 Å². The topological polar surface area (TPSA) is 57.9 Å². The maximum absolute atomic E-state index is 12.5. The summed E-state index contributed by atoms with van der Waals surface area (Å²) in [5.41, 5.74) is 3.61. The monoisotopic (exact) mass is 458 g/mol. The van der Waals surface area contributed by atoms with Gasteiger partial charge in [0.25, 0.3) is 0 Å². The maximum Gasteiger partial charge on any atom is 0.334 e. The highest BCUT2D eigenvalue weighted by Gasteiger charge is 2.39. The van der Waals surface area contributed by atoms with E-state index in [9.17, 15) is 4.79 Å². The summed E-state index contributed by atoms with van der Waals surface area (Å²) < 4.78 is 24.3. The first-order chi connectivity index (χ1) is 15.0. The molecule has 6 heteroatoms. The van der Waals surface area contributed by atoms with Gasteiger partial charge in [-0.25, -0.2) is 4.79 Å². The van der Waals surface area contributed by atoms with Crippen LogP contribution in [0.2, 0.25) is 25.7 Å². The van der Waals surface area contributed by atoms with Crippen molar-refractivity contribution in [3.8, 4) is 0 Å².